The lowest BCUT2D eigenvalue weighted by molar-refractivity contribution is 0.152. The fraction of sp³-hybridized carbons (Fsp3) is 0.200. The largest absolute Gasteiger partial charge is 0.308 e. The lowest BCUT2D eigenvalue weighted by Gasteiger charge is -1.95. The van der Waals surface area contributed by atoms with E-state index in [1.165, 1.54) is 0 Å². The highest BCUT2D eigenvalue weighted by atomic mass is 19.3. The Balaban J connectivity index is 4.93. The van der Waals surface area contributed by atoms with E-state index in [-0.39, 0.29) is 0 Å². The molecular formula is C5HF7. The van der Waals surface area contributed by atoms with Crippen LogP contribution < -0.4 is 0 Å². The third kappa shape index (κ3) is 2.55. The third-order valence-electron chi connectivity index (χ3n) is 0.760. The van der Waals surface area contributed by atoms with Crippen molar-refractivity contribution < 1.29 is 30.7 Å². The summed E-state index contributed by atoms with van der Waals surface area (Å²) in [7, 11) is 0. The first kappa shape index (κ1) is 11.0. The number of alkyl halides is 2. The van der Waals surface area contributed by atoms with E-state index in [0.717, 1.165) is 0 Å². The van der Waals surface area contributed by atoms with Crippen LogP contribution >= 0.6 is 0 Å². The van der Waals surface area contributed by atoms with Crippen molar-refractivity contribution in [1.29, 1.82) is 0 Å². The van der Waals surface area contributed by atoms with E-state index in [0.29, 0.717) is 0 Å². The van der Waals surface area contributed by atoms with Gasteiger partial charge in [0.15, 0.2) is 0 Å². The summed E-state index contributed by atoms with van der Waals surface area (Å²) in [5.41, 5.74) is 0. The van der Waals surface area contributed by atoms with Gasteiger partial charge in [-0.05, 0) is 0 Å². The Kier molecular flexibility index (Phi) is 3.78. The van der Waals surface area contributed by atoms with Crippen LogP contribution in [0.2, 0.25) is 0 Å². The van der Waals surface area contributed by atoms with Gasteiger partial charge in [0.1, 0.15) is 0 Å². The number of halogens is 7. The lowest BCUT2D eigenvalue weighted by atomic mass is 10.4. The zero-order valence-corrected chi connectivity index (χ0v) is 5.22. The van der Waals surface area contributed by atoms with E-state index in [2.05, 4.69) is 0 Å². The number of hydrogen-bond acceptors (Lipinski definition) is 0. The summed E-state index contributed by atoms with van der Waals surface area (Å²) in [6.45, 7) is 0. The van der Waals surface area contributed by atoms with Crippen LogP contribution in [0.5, 0.6) is 0 Å². The highest BCUT2D eigenvalue weighted by Crippen LogP contribution is 2.26. The van der Waals surface area contributed by atoms with E-state index >= 15 is 0 Å². The van der Waals surface area contributed by atoms with Crippen molar-refractivity contribution in [3.63, 3.8) is 0 Å². The summed E-state index contributed by atoms with van der Waals surface area (Å²) in [5, 5.41) is 0. The molecule has 0 unspecified atom stereocenters. The molecule has 0 radical (unpaired) electrons. The maximum Gasteiger partial charge on any atom is 0.308 e. The summed E-state index contributed by atoms with van der Waals surface area (Å²) in [5.74, 6) is -8.63. The van der Waals surface area contributed by atoms with Gasteiger partial charge in [-0.25, -0.2) is 17.6 Å². The second-order valence-electron chi connectivity index (χ2n) is 1.54. The van der Waals surface area contributed by atoms with E-state index in [1.54, 1.807) is 0 Å². The highest BCUT2D eigenvalue weighted by molar-refractivity contribution is 5.23. The van der Waals surface area contributed by atoms with Gasteiger partial charge in [0.2, 0.25) is 17.5 Å². The van der Waals surface area contributed by atoms with Gasteiger partial charge in [-0.3, -0.25) is 0 Å². The fourth-order valence-electron chi connectivity index (χ4n) is 0.284. The summed E-state index contributed by atoms with van der Waals surface area (Å²) < 4.78 is 79.8. The highest BCUT2D eigenvalue weighted by Gasteiger charge is 2.23. The number of hydrogen-bond donors (Lipinski definition) is 0. The molecule has 0 aliphatic carbocycles. The zero-order chi connectivity index (χ0) is 9.89. The Morgan fingerprint density at radius 3 is 1.42 bits per heavy atom. The Labute approximate surface area is 62.0 Å². The van der Waals surface area contributed by atoms with Crippen LogP contribution in [0.3, 0.4) is 0 Å². The molecule has 0 fully saturated rings. The first-order valence-electron chi connectivity index (χ1n) is 2.42. The van der Waals surface area contributed by atoms with Crippen molar-refractivity contribution in [1.82, 2.24) is 0 Å². The molecule has 0 aromatic carbocycles. The van der Waals surface area contributed by atoms with Gasteiger partial charge in [-0.2, -0.15) is 13.2 Å². The average Bonchev–Trinajstić information content (AvgIpc) is 2.00. The maximum absolute atomic E-state index is 11.8. The van der Waals surface area contributed by atoms with Crippen molar-refractivity contribution in [2.45, 2.75) is 6.43 Å². The standard InChI is InChI=1S/C5HF7/c6-1(2(7)4(9)10)3(8)5(11)12/h4H. The summed E-state index contributed by atoms with van der Waals surface area (Å²) in [6.07, 6.45) is -7.14. The molecule has 70 valence electrons. The minimum absolute atomic E-state index is 2.85. The summed E-state index contributed by atoms with van der Waals surface area (Å²) in [4.78, 5) is 0. The molecule has 0 atom stereocenters. The molecule has 0 aliphatic heterocycles. The van der Waals surface area contributed by atoms with Gasteiger partial charge in [0.25, 0.3) is 6.43 Å². The van der Waals surface area contributed by atoms with Gasteiger partial charge < -0.3 is 0 Å². The van der Waals surface area contributed by atoms with Gasteiger partial charge in [0, 0.05) is 0 Å². The minimum atomic E-state index is -3.95. The molecule has 0 aromatic heterocycles. The summed E-state index contributed by atoms with van der Waals surface area (Å²) >= 11 is 0. The molecular weight excluding hydrogens is 193 g/mol. The Morgan fingerprint density at radius 2 is 1.17 bits per heavy atom. The van der Waals surface area contributed by atoms with Crippen molar-refractivity contribution >= 4 is 0 Å². The van der Waals surface area contributed by atoms with Crippen LogP contribution in [0.15, 0.2) is 23.6 Å². The molecule has 7 heteroatoms. The van der Waals surface area contributed by atoms with Crippen LogP contribution in [0.25, 0.3) is 0 Å². The topological polar surface area (TPSA) is 0 Å². The molecule has 0 nitrogen and oxygen atoms in total. The minimum Gasteiger partial charge on any atom is -0.202 e. The first-order chi connectivity index (χ1) is 5.37. The molecule has 12 heavy (non-hydrogen) atoms. The second-order valence-corrected chi connectivity index (χ2v) is 1.54. The van der Waals surface area contributed by atoms with Crippen molar-refractivity contribution in [2.24, 2.45) is 0 Å². The Hall–Kier alpha value is -1.01. The van der Waals surface area contributed by atoms with Gasteiger partial charge in [-0.1, -0.05) is 0 Å². The Bertz CT molecular complexity index is 222. The van der Waals surface area contributed by atoms with Crippen molar-refractivity contribution in [2.75, 3.05) is 0 Å². The van der Waals surface area contributed by atoms with Gasteiger partial charge in [0.05, 0.1) is 0 Å². The van der Waals surface area contributed by atoms with Crippen LogP contribution in [0.4, 0.5) is 30.7 Å². The van der Waals surface area contributed by atoms with E-state index in [1.807, 2.05) is 0 Å². The SMILES string of the molecule is FC(F)=C(F)C(F)=C(F)C(F)F. The quantitative estimate of drug-likeness (QED) is 0.466. The smallest absolute Gasteiger partial charge is 0.202 e. The molecule has 0 bridgehead atoms. The number of allylic oxidation sites excluding steroid dienone is 3. The van der Waals surface area contributed by atoms with E-state index in [4.69, 9.17) is 0 Å². The predicted octanol–water partition coefficient (Wildman–Crippen LogP) is 3.48. The van der Waals surface area contributed by atoms with Crippen LogP contribution in [-0.4, -0.2) is 6.43 Å². The maximum atomic E-state index is 11.8. The molecule has 0 N–H and O–H groups in total. The molecule has 0 aliphatic rings. The van der Waals surface area contributed by atoms with E-state index < -0.39 is 30.0 Å². The first-order valence-corrected chi connectivity index (χ1v) is 2.42. The normalized spacial score (nSPS) is 13.0. The van der Waals surface area contributed by atoms with Crippen LogP contribution in [-0.2, 0) is 0 Å². The van der Waals surface area contributed by atoms with Crippen LogP contribution in [0, 0.1) is 0 Å². The Morgan fingerprint density at radius 1 is 0.750 bits per heavy atom. The molecule has 0 saturated heterocycles. The second kappa shape index (κ2) is 4.13. The predicted molar refractivity (Wildman–Crippen MR) is 25.6 cm³/mol. The van der Waals surface area contributed by atoms with Gasteiger partial charge in [-0.15, -0.1) is 0 Å². The lowest BCUT2D eigenvalue weighted by Crippen LogP contribution is -1.94. The van der Waals surface area contributed by atoms with Gasteiger partial charge >= 0.3 is 6.08 Å². The average molecular weight is 194 g/mol. The molecule has 0 spiro atoms. The van der Waals surface area contributed by atoms with E-state index in [9.17, 15) is 30.7 Å². The van der Waals surface area contributed by atoms with Crippen molar-refractivity contribution in [3.05, 3.63) is 23.6 Å². The fourth-order valence-corrected chi connectivity index (χ4v) is 0.284. The van der Waals surface area contributed by atoms with Crippen LogP contribution in [0.1, 0.15) is 0 Å². The van der Waals surface area contributed by atoms with Crippen molar-refractivity contribution in [3.8, 4) is 0 Å². The number of rotatable bonds is 2. The summed E-state index contributed by atoms with van der Waals surface area (Å²) in [6, 6.07) is 0. The third-order valence-corrected chi connectivity index (χ3v) is 0.760. The molecule has 0 amide bonds. The molecule has 0 heterocycles. The monoisotopic (exact) mass is 194 g/mol. The molecule has 0 saturated carbocycles. The molecule has 0 aromatic rings. The zero-order valence-electron chi connectivity index (χ0n) is 5.22. The molecule has 0 rings (SSSR count).